The Morgan fingerprint density at radius 3 is 2.57 bits per heavy atom. The predicted molar refractivity (Wildman–Crippen MR) is 79.3 cm³/mol. The molecule has 0 aliphatic carbocycles. The molecule has 0 aliphatic rings. The van der Waals surface area contributed by atoms with Gasteiger partial charge in [0.15, 0.2) is 0 Å². The molecule has 0 aliphatic heterocycles. The van der Waals surface area contributed by atoms with E-state index in [1.807, 2.05) is 0 Å². The van der Waals surface area contributed by atoms with Gasteiger partial charge in [0.25, 0.3) is 5.91 Å². The van der Waals surface area contributed by atoms with E-state index in [1.165, 1.54) is 24.3 Å². The van der Waals surface area contributed by atoms with Crippen molar-refractivity contribution < 1.29 is 17.9 Å². The van der Waals surface area contributed by atoms with E-state index < -0.39 is 10.0 Å². The Morgan fingerprint density at radius 2 is 2.00 bits per heavy atom. The van der Waals surface area contributed by atoms with Gasteiger partial charge in [0, 0.05) is 25.8 Å². The van der Waals surface area contributed by atoms with Crippen LogP contribution in [-0.2, 0) is 14.8 Å². The highest BCUT2D eigenvalue weighted by molar-refractivity contribution is 7.89. The molecule has 0 fully saturated rings. The molecular formula is C14H18N2O4S. The van der Waals surface area contributed by atoms with Gasteiger partial charge in [0.2, 0.25) is 10.0 Å². The minimum absolute atomic E-state index is 0.0636. The van der Waals surface area contributed by atoms with Crippen LogP contribution in [0, 0.1) is 12.3 Å². The predicted octanol–water partition coefficient (Wildman–Crippen LogP) is 0.364. The highest BCUT2D eigenvalue weighted by Crippen LogP contribution is 2.10. The molecular weight excluding hydrogens is 292 g/mol. The van der Waals surface area contributed by atoms with Crippen molar-refractivity contribution in [2.24, 2.45) is 0 Å². The van der Waals surface area contributed by atoms with E-state index in [-0.39, 0.29) is 17.3 Å². The normalized spacial score (nSPS) is 10.9. The van der Waals surface area contributed by atoms with Crippen molar-refractivity contribution in [3.63, 3.8) is 0 Å². The fourth-order valence-electron chi connectivity index (χ4n) is 1.53. The molecule has 21 heavy (non-hydrogen) atoms. The van der Waals surface area contributed by atoms with E-state index in [9.17, 15) is 13.2 Å². The van der Waals surface area contributed by atoms with E-state index in [0.717, 1.165) is 0 Å². The Balaban J connectivity index is 2.65. The van der Waals surface area contributed by atoms with E-state index in [0.29, 0.717) is 25.1 Å². The van der Waals surface area contributed by atoms with Crippen LogP contribution in [-0.4, -0.2) is 41.1 Å². The van der Waals surface area contributed by atoms with E-state index >= 15 is 0 Å². The number of benzene rings is 1. The molecule has 0 radical (unpaired) electrons. The molecule has 1 aromatic carbocycles. The summed E-state index contributed by atoms with van der Waals surface area (Å²) in [4.78, 5) is 11.9. The minimum Gasteiger partial charge on any atom is -0.385 e. The molecule has 0 unspecified atom stereocenters. The van der Waals surface area contributed by atoms with E-state index in [4.69, 9.17) is 11.2 Å². The molecule has 0 spiro atoms. The smallest absolute Gasteiger partial charge is 0.251 e. The lowest BCUT2D eigenvalue weighted by Gasteiger charge is -2.07. The van der Waals surface area contributed by atoms with Crippen molar-refractivity contribution in [3.05, 3.63) is 29.8 Å². The number of hydrogen-bond donors (Lipinski definition) is 2. The molecule has 1 rings (SSSR count). The van der Waals surface area contributed by atoms with Gasteiger partial charge in [-0.2, -0.15) is 4.72 Å². The van der Waals surface area contributed by atoms with Gasteiger partial charge in [0.1, 0.15) is 0 Å². The third-order valence-corrected chi connectivity index (χ3v) is 4.02. The van der Waals surface area contributed by atoms with Crippen LogP contribution in [0.5, 0.6) is 0 Å². The number of amides is 1. The summed E-state index contributed by atoms with van der Waals surface area (Å²) in [6, 6.07) is 5.64. The molecule has 0 bridgehead atoms. The SMILES string of the molecule is C#CCNS(=O)(=O)c1ccc(C(=O)NCCCOC)cc1. The molecule has 114 valence electrons. The van der Waals surface area contributed by atoms with Crippen LogP contribution in [0.4, 0.5) is 0 Å². The Bertz CT molecular complexity index is 603. The quantitative estimate of drug-likeness (QED) is 0.536. The van der Waals surface area contributed by atoms with Crippen LogP contribution in [0.2, 0.25) is 0 Å². The number of carbonyl (C=O) groups is 1. The summed E-state index contributed by atoms with van der Waals surface area (Å²) in [6.45, 7) is 0.985. The number of nitrogens with one attached hydrogen (secondary N) is 2. The molecule has 7 heteroatoms. The fourth-order valence-corrected chi connectivity index (χ4v) is 2.46. The average Bonchev–Trinajstić information content (AvgIpc) is 2.49. The number of ether oxygens (including phenoxy) is 1. The van der Waals surface area contributed by atoms with Crippen molar-refractivity contribution in [3.8, 4) is 12.3 Å². The highest BCUT2D eigenvalue weighted by atomic mass is 32.2. The Kier molecular flexibility index (Phi) is 6.88. The van der Waals surface area contributed by atoms with Crippen molar-refractivity contribution in [1.82, 2.24) is 10.0 Å². The van der Waals surface area contributed by atoms with Crippen LogP contribution >= 0.6 is 0 Å². The van der Waals surface area contributed by atoms with Crippen LogP contribution in [0.15, 0.2) is 29.2 Å². The van der Waals surface area contributed by atoms with Gasteiger partial charge in [-0.15, -0.1) is 6.42 Å². The van der Waals surface area contributed by atoms with Crippen molar-refractivity contribution in [2.75, 3.05) is 26.8 Å². The lowest BCUT2D eigenvalue weighted by atomic mass is 10.2. The van der Waals surface area contributed by atoms with Gasteiger partial charge in [-0.1, -0.05) is 5.92 Å². The van der Waals surface area contributed by atoms with Crippen molar-refractivity contribution in [1.29, 1.82) is 0 Å². The number of methoxy groups -OCH3 is 1. The first-order valence-corrected chi connectivity index (χ1v) is 7.80. The number of terminal acetylenes is 1. The van der Waals surface area contributed by atoms with E-state index in [1.54, 1.807) is 7.11 Å². The van der Waals surface area contributed by atoms with Gasteiger partial charge in [0.05, 0.1) is 11.4 Å². The maximum Gasteiger partial charge on any atom is 0.251 e. The largest absolute Gasteiger partial charge is 0.385 e. The third-order valence-electron chi connectivity index (χ3n) is 2.60. The van der Waals surface area contributed by atoms with Crippen molar-refractivity contribution in [2.45, 2.75) is 11.3 Å². The zero-order chi connectivity index (χ0) is 15.7. The van der Waals surface area contributed by atoms with Gasteiger partial charge < -0.3 is 10.1 Å². The summed E-state index contributed by atoms with van der Waals surface area (Å²) < 4.78 is 30.7. The van der Waals surface area contributed by atoms with Gasteiger partial charge in [-0.05, 0) is 30.7 Å². The molecule has 1 amide bonds. The van der Waals surface area contributed by atoms with Crippen molar-refractivity contribution >= 4 is 15.9 Å². The van der Waals surface area contributed by atoms with Crippen LogP contribution in [0.1, 0.15) is 16.8 Å². The summed E-state index contributed by atoms with van der Waals surface area (Å²) >= 11 is 0. The Labute approximate surface area is 124 Å². The lowest BCUT2D eigenvalue weighted by Crippen LogP contribution is -2.26. The Morgan fingerprint density at radius 1 is 1.33 bits per heavy atom. The number of sulfonamides is 1. The topological polar surface area (TPSA) is 84.5 Å². The van der Waals surface area contributed by atoms with Crippen LogP contribution < -0.4 is 10.0 Å². The standard InChI is InChI=1S/C14H18N2O4S/c1-3-9-16-21(18,19)13-7-5-12(6-8-13)14(17)15-10-4-11-20-2/h1,5-8,16H,4,9-11H2,2H3,(H,15,17). The molecule has 1 aromatic rings. The molecule has 0 heterocycles. The van der Waals surface area contributed by atoms with Gasteiger partial charge in [-0.25, -0.2) is 8.42 Å². The fraction of sp³-hybridized carbons (Fsp3) is 0.357. The molecule has 0 aromatic heterocycles. The highest BCUT2D eigenvalue weighted by Gasteiger charge is 2.13. The molecule has 0 atom stereocenters. The summed E-state index contributed by atoms with van der Waals surface area (Å²) in [5, 5.41) is 2.72. The first-order valence-electron chi connectivity index (χ1n) is 6.31. The Hall–Kier alpha value is -1.88. The summed E-state index contributed by atoms with van der Waals surface area (Å²) in [7, 11) is -2.04. The summed E-state index contributed by atoms with van der Waals surface area (Å²) in [5.74, 6) is 1.93. The van der Waals surface area contributed by atoms with Crippen LogP contribution in [0.25, 0.3) is 0 Å². The summed E-state index contributed by atoms with van der Waals surface area (Å²) in [6.07, 6.45) is 5.72. The molecule has 0 saturated carbocycles. The minimum atomic E-state index is -3.63. The van der Waals surface area contributed by atoms with Gasteiger partial charge >= 0.3 is 0 Å². The summed E-state index contributed by atoms with van der Waals surface area (Å²) in [5.41, 5.74) is 0.392. The van der Waals surface area contributed by atoms with Crippen LogP contribution in [0.3, 0.4) is 0 Å². The zero-order valence-corrected chi connectivity index (χ0v) is 12.6. The maximum absolute atomic E-state index is 11.8. The second-order valence-electron chi connectivity index (χ2n) is 4.16. The van der Waals surface area contributed by atoms with Gasteiger partial charge in [-0.3, -0.25) is 4.79 Å². The zero-order valence-electron chi connectivity index (χ0n) is 11.8. The molecule has 2 N–H and O–H groups in total. The average molecular weight is 310 g/mol. The maximum atomic E-state index is 11.8. The third kappa shape index (κ3) is 5.55. The van der Waals surface area contributed by atoms with E-state index in [2.05, 4.69) is 16.0 Å². The second kappa shape index (κ2) is 8.42. The first-order chi connectivity index (χ1) is 10.0. The monoisotopic (exact) mass is 310 g/mol. The number of carbonyl (C=O) groups excluding carboxylic acids is 1. The second-order valence-corrected chi connectivity index (χ2v) is 5.92. The lowest BCUT2D eigenvalue weighted by molar-refractivity contribution is 0.0948. The molecule has 6 nitrogen and oxygen atoms in total. The number of hydrogen-bond acceptors (Lipinski definition) is 4. The number of rotatable bonds is 8. The molecule has 0 saturated heterocycles. The first kappa shape index (κ1) is 17.2.